The number of non-ortho nitro benzene ring substituents is 2. The molecule has 0 bridgehead atoms. The zero-order valence-electron chi connectivity index (χ0n) is 11.8. The van der Waals surface area contributed by atoms with Crippen LogP contribution in [0.3, 0.4) is 0 Å². The topological polar surface area (TPSA) is 116 Å². The molecule has 1 aromatic carbocycles. The number of rotatable bonds is 4. The van der Waals surface area contributed by atoms with Crippen LogP contribution in [0, 0.1) is 20.2 Å². The summed E-state index contributed by atoms with van der Waals surface area (Å²) in [4.78, 5) is 37.3. The maximum atomic E-state index is 12.1. The van der Waals surface area contributed by atoms with E-state index in [1.807, 2.05) is 0 Å². The van der Waals surface area contributed by atoms with Gasteiger partial charge < -0.3 is 4.84 Å². The molecule has 0 amide bonds. The van der Waals surface area contributed by atoms with Gasteiger partial charge in [-0.1, -0.05) is 12.8 Å². The van der Waals surface area contributed by atoms with E-state index in [1.54, 1.807) is 0 Å². The van der Waals surface area contributed by atoms with Crippen molar-refractivity contribution in [2.75, 3.05) is 13.1 Å². The van der Waals surface area contributed by atoms with Crippen molar-refractivity contribution in [2.24, 2.45) is 0 Å². The van der Waals surface area contributed by atoms with E-state index in [9.17, 15) is 25.0 Å². The van der Waals surface area contributed by atoms with Crippen LogP contribution in [0.25, 0.3) is 0 Å². The molecule has 2 rings (SSSR count). The third kappa shape index (κ3) is 3.98. The Labute approximate surface area is 125 Å². The van der Waals surface area contributed by atoms with Gasteiger partial charge in [0.1, 0.15) is 0 Å². The van der Waals surface area contributed by atoms with Crippen molar-refractivity contribution in [3.05, 3.63) is 44.0 Å². The number of hydrogen-bond acceptors (Lipinski definition) is 7. The fourth-order valence-corrected chi connectivity index (χ4v) is 2.23. The maximum absolute atomic E-state index is 12.1. The molecule has 22 heavy (non-hydrogen) atoms. The summed E-state index contributed by atoms with van der Waals surface area (Å²) >= 11 is 0. The second-order valence-corrected chi connectivity index (χ2v) is 4.97. The summed E-state index contributed by atoms with van der Waals surface area (Å²) in [6.45, 7) is 1.17. The quantitative estimate of drug-likeness (QED) is 0.619. The van der Waals surface area contributed by atoms with Crippen LogP contribution >= 0.6 is 0 Å². The van der Waals surface area contributed by atoms with Crippen molar-refractivity contribution in [3.63, 3.8) is 0 Å². The summed E-state index contributed by atoms with van der Waals surface area (Å²) in [6, 6.07) is 2.77. The van der Waals surface area contributed by atoms with E-state index in [1.165, 1.54) is 5.06 Å². The molecule has 118 valence electrons. The Morgan fingerprint density at radius 1 is 0.955 bits per heavy atom. The van der Waals surface area contributed by atoms with Gasteiger partial charge in [0.15, 0.2) is 0 Å². The number of carbonyl (C=O) groups excluding carboxylic acids is 1. The lowest BCUT2D eigenvalue weighted by Crippen LogP contribution is -2.28. The number of benzene rings is 1. The minimum Gasteiger partial charge on any atom is -0.364 e. The Balaban J connectivity index is 2.20. The van der Waals surface area contributed by atoms with Crippen molar-refractivity contribution in [1.82, 2.24) is 5.06 Å². The SMILES string of the molecule is O=C(ON1CCCCCC1)c1cc([N+](=O)[O-])cc([N+](=O)[O-])c1. The Morgan fingerprint density at radius 2 is 1.45 bits per heavy atom. The largest absolute Gasteiger partial charge is 0.364 e. The van der Waals surface area contributed by atoms with Crippen molar-refractivity contribution < 1.29 is 19.5 Å². The highest BCUT2D eigenvalue weighted by Gasteiger charge is 2.22. The van der Waals surface area contributed by atoms with Gasteiger partial charge in [-0.15, -0.1) is 5.06 Å². The second-order valence-electron chi connectivity index (χ2n) is 4.97. The predicted molar refractivity (Wildman–Crippen MR) is 75.2 cm³/mol. The van der Waals surface area contributed by atoms with E-state index >= 15 is 0 Å². The minimum atomic E-state index is -0.825. The van der Waals surface area contributed by atoms with E-state index in [2.05, 4.69) is 0 Å². The van der Waals surface area contributed by atoms with E-state index in [-0.39, 0.29) is 5.56 Å². The summed E-state index contributed by atoms with van der Waals surface area (Å²) in [5, 5.41) is 23.1. The molecular weight excluding hydrogens is 294 g/mol. The lowest BCUT2D eigenvalue weighted by molar-refractivity contribution is -0.394. The molecule has 0 N–H and O–H groups in total. The van der Waals surface area contributed by atoms with Crippen molar-refractivity contribution in [3.8, 4) is 0 Å². The van der Waals surface area contributed by atoms with Gasteiger partial charge in [-0.3, -0.25) is 20.2 Å². The summed E-state index contributed by atoms with van der Waals surface area (Å²) in [7, 11) is 0. The number of nitro groups is 2. The zero-order chi connectivity index (χ0) is 16.1. The zero-order valence-corrected chi connectivity index (χ0v) is 11.8. The van der Waals surface area contributed by atoms with Gasteiger partial charge in [0, 0.05) is 25.2 Å². The van der Waals surface area contributed by atoms with Gasteiger partial charge in [-0.2, -0.15) is 0 Å². The molecule has 1 saturated heterocycles. The molecule has 1 aromatic rings. The Morgan fingerprint density at radius 3 is 1.91 bits per heavy atom. The predicted octanol–water partition coefficient (Wildman–Crippen LogP) is 2.45. The molecule has 1 aliphatic heterocycles. The first kappa shape index (κ1) is 15.8. The molecule has 1 heterocycles. The Hall–Kier alpha value is -2.55. The van der Waals surface area contributed by atoms with E-state index in [4.69, 9.17) is 4.84 Å². The molecule has 9 heteroatoms. The first-order valence-electron chi connectivity index (χ1n) is 6.88. The summed E-state index contributed by atoms with van der Waals surface area (Å²) in [5.74, 6) is -0.825. The fourth-order valence-electron chi connectivity index (χ4n) is 2.23. The molecule has 0 aromatic heterocycles. The number of hydroxylamine groups is 2. The molecule has 0 unspecified atom stereocenters. The first-order chi connectivity index (χ1) is 10.5. The van der Waals surface area contributed by atoms with Gasteiger partial charge in [0.05, 0.1) is 21.5 Å². The van der Waals surface area contributed by atoms with Crippen molar-refractivity contribution in [2.45, 2.75) is 25.7 Å². The van der Waals surface area contributed by atoms with Gasteiger partial charge in [0.25, 0.3) is 11.4 Å². The van der Waals surface area contributed by atoms with Crippen LogP contribution < -0.4 is 0 Å². The monoisotopic (exact) mass is 309 g/mol. The second kappa shape index (κ2) is 6.94. The normalized spacial score (nSPS) is 15.8. The van der Waals surface area contributed by atoms with Crippen LogP contribution in [0.5, 0.6) is 0 Å². The molecule has 1 fully saturated rings. The van der Waals surface area contributed by atoms with Gasteiger partial charge in [-0.25, -0.2) is 4.79 Å². The van der Waals surface area contributed by atoms with Crippen LogP contribution in [0.2, 0.25) is 0 Å². The molecule has 1 aliphatic rings. The molecule has 0 spiro atoms. The lowest BCUT2D eigenvalue weighted by atomic mass is 10.2. The Kier molecular flexibility index (Phi) is 4.99. The number of nitrogens with zero attached hydrogens (tertiary/aromatic N) is 3. The summed E-state index contributed by atoms with van der Waals surface area (Å²) in [5.41, 5.74) is -1.24. The van der Waals surface area contributed by atoms with Gasteiger partial charge in [0.2, 0.25) is 0 Å². The van der Waals surface area contributed by atoms with Crippen LogP contribution in [0.15, 0.2) is 18.2 Å². The fraction of sp³-hybridized carbons (Fsp3) is 0.462. The van der Waals surface area contributed by atoms with E-state index < -0.39 is 27.2 Å². The van der Waals surface area contributed by atoms with Crippen LogP contribution in [-0.2, 0) is 4.84 Å². The number of nitro benzene ring substituents is 2. The average Bonchev–Trinajstić information content (AvgIpc) is 2.75. The molecule has 0 saturated carbocycles. The lowest BCUT2D eigenvalue weighted by Gasteiger charge is -2.18. The van der Waals surface area contributed by atoms with Gasteiger partial charge >= 0.3 is 5.97 Å². The summed E-state index contributed by atoms with van der Waals surface area (Å²) < 4.78 is 0. The highest BCUT2D eigenvalue weighted by Crippen LogP contribution is 2.23. The van der Waals surface area contributed by atoms with Crippen molar-refractivity contribution in [1.29, 1.82) is 0 Å². The highest BCUT2D eigenvalue weighted by atomic mass is 16.7. The number of hydrogen-bond donors (Lipinski definition) is 0. The van der Waals surface area contributed by atoms with Crippen LogP contribution in [0.1, 0.15) is 36.0 Å². The molecule has 9 nitrogen and oxygen atoms in total. The minimum absolute atomic E-state index is 0.204. The number of carbonyl (C=O) groups is 1. The smallest absolute Gasteiger partial charge is 0.357 e. The summed E-state index contributed by atoms with van der Waals surface area (Å²) in [6.07, 6.45) is 3.89. The highest BCUT2D eigenvalue weighted by molar-refractivity contribution is 5.90. The standard InChI is InChI=1S/C13H15N3O6/c17-13(22-14-5-3-1-2-4-6-14)10-7-11(15(18)19)9-12(8-10)16(20)21/h7-9H,1-6H2. The molecular formula is C13H15N3O6. The Bertz CT molecular complexity index is 563. The molecule has 0 aliphatic carbocycles. The van der Waals surface area contributed by atoms with Gasteiger partial charge in [-0.05, 0) is 12.8 Å². The van der Waals surface area contributed by atoms with E-state index in [0.29, 0.717) is 13.1 Å². The maximum Gasteiger partial charge on any atom is 0.357 e. The van der Waals surface area contributed by atoms with Crippen molar-refractivity contribution >= 4 is 17.3 Å². The van der Waals surface area contributed by atoms with E-state index in [0.717, 1.165) is 43.9 Å². The average molecular weight is 309 g/mol. The third-order valence-electron chi connectivity index (χ3n) is 3.34. The first-order valence-corrected chi connectivity index (χ1v) is 6.88. The molecule has 0 atom stereocenters. The van der Waals surface area contributed by atoms with Crippen LogP contribution in [-0.4, -0.2) is 34.0 Å². The van der Waals surface area contributed by atoms with Crippen LogP contribution in [0.4, 0.5) is 11.4 Å². The molecule has 0 radical (unpaired) electrons. The third-order valence-corrected chi connectivity index (χ3v) is 3.34.